The molecule has 6 heteroatoms. The van der Waals surface area contributed by atoms with Crippen molar-refractivity contribution in [1.82, 2.24) is 0 Å². The molecule has 0 bridgehead atoms. The van der Waals surface area contributed by atoms with E-state index in [-0.39, 0.29) is 18.6 Å². The first-order chi connectivity index (χ1) is 9.15. The zero-order valence-corrected chi connectivity index (χ0v) is 10.7. The highest BCUT2D eigenvalue weighted by atomic mass is 16.5. The van der Waals surface area contributed by atoms with Crippen LogP contribution < -0.4 is 10.6 Å². The monoisotopic (exact) mass is 264 g/mol. The van der Waals surface area contributed by atoms with Crippen molar-refractivity contribution >= 4 is 17.6 Å². The van der Waals surface area contributed by atoms with Crippen molar-refractivity contribution in [2.45, 2.75) is 6.10 Å². The lowest BCUT2D eigenvalue weighted by atomic mass is 10.1. The fourth-order valence-electron chi connectivity index (χ4n) is 1.94. The number of methoxy groups -OCH3 is 1. The number of carbonyl (C=O) groups is 2. The van der Waals surface area contributed by atoms with Gasteiger partial charge in [0, 0.05) is 12.2 Å². The largest absolute Gasteiger partial charge is 0.465 e. The highest BCUT2D eigenvalue weighted by molar-refractivity contribution is 5.97. The lowest BCUT2D eigenvalue weighted by Crippen LogP contribution is -2.49. The number of hydrogen-bond donors (Lipinski definition) is 1. The average Bonchev–Trinajstić information content (AvgIpc) is 2.47. The lowest BCUT2D eigenvalue weighted by Gasteiger charge is -2.32. The van der Waals surface area contributed by atoms with E-state index >= 15 is 0 Å². The van der Waals surface area contributed by atoms with Crippen LogP contribution in [0.2, 0.25) is 0 Å². The molecule has 0 spiro atoms. The summed E-state index contributed by atoms with van der Waals surface area (Å²) in [4.78, 5) is 24.9. The first kappa shape index (κ1) is 13.5. The number of amides is 1. The summed E-state index contributed by atoms with van der Waals surface area (Å²) >= 11 is 0. The topological polar surface area (TPSA) is 81.9 Å². The minimum Gasteiger partial charge on any atom is -0.465 e. The van der Waals surface area contributed by atoms with Crippen molar-refractivity contribution in [3.8, 4) is 0 Å². The van der Waals surface area contributed by atoms with Gasteiger partial charge in [-0.05, 0) is 18.2 Å². The average molecular weight is 264 g/mol. The molecule has 1 unspecified atom stereocenters. The van der Waals surface area contributed by atoms with E-state index in [1.165, 1.54) is 7.11 Å². The number of rotatable bonds is 3. The highest BCUT2D eigenvalue weighted by Crippen LogP contribution is 2.20. The van der Waals surface area contributed by atoms with Crippen LogP contribution >= 0.6 is 0 Å². The van der Waals surface area contributed by atoms with Crippen LogP contribution in [-0.2, 0) is 14.3 Å². The SMILES string of the molecule is COC(=O)c1cccc(N2CC(CN)OCC2=O)c1. The molecular weight excluding hydrogens is 248 g/mol. The third-order valence-corrected chi connectivity index (χ3v) is 2.97. The van der Waals surface area contributed by atoms with Crippen molar-refractivity contribution in [2.75, 3.05) is 31.7 Å². The molecule has 0 aromatic heterocycles. The standard InChI is InChI=1S/C13H16N2O4/c1-18-13(17)9-3-2-4-10(5-9)15-7-11(6-14)19-8-12(15)16/h2-5,11H,6-8,14H2,1H3. The molecule has 19 heavy (non-hydrogen) atoms. The number of morpholine rings is 1. The van der Waals surface area contributed by atoms with Gasteiger partial charge in [0.05, 0.1) is 25.3 Å². The van der Waals surface area contributed by atoms with E-state index in [9.17, 15) is 9.59 Å². The molecule has 1 aromatic carbocycles. The Kier molecular flexibility index (Phi) is 4.13. The zero-order valence-electron chi connectivity index (χ0n) is 10.7. The van der Waals surface area contributed by atoms with Gasteiger partial charge >= 0.3 is 5.97 Å². The van der Waals surface area contributed by atoms with Gasteiger partial charge in [0.25, 0.3) is 5.91 Å². The molecule has 1 aliphatic rings. The Morgan fingerprint density at radius 3 is 3.05 bits per heavy atom. The summed E-state index contributed by atoms with van der Waals surface area (Å²) in [5, 5.41) is 0. The summed E-state index contributed by atoms with van der Waals surface area (Å²) in [6.45, 7) is 0.741. The van der Waals surface area contributed by atoms with E-state index in [0.29, 0.717) is 24.3 Å². The molecule has 1 heterocycles. The fraction of sp³-hybridized carbons (Fsp3) is 0.385. The van der Waals surface area contributed by atoms with Crippen molar-refractivity contribution in [3.05, 3.63) is 29.8 Å². The van der Waals surface area contributed by atoms with Crippen molar-refractivity contribution < 1.29 is 19.1 Å². The van der Waals surface area contributed by atoms with E-state index in [4.69, 9.17) is 10.5 Å². The van der Waals surface area contributed by atoms with Crippen LogP contribution in [0.15, 0.2) is 24.3 Å². The van der Waals surface area contributed by atoms with E-state index in [2.05, 4.69) is 4.74 Å². The minimum atomic E-state index is -0.432. The molecule has 2 N–H and O–H groups in total. The van der Waals surface area contributed by atoms with Crippen molar-refractivity contribution in [2.24, 2.45) is 5.73 Å². The fourth-order valence-corrected chi connectivity index (χ4v) is 1.94. The maximum atomic E-state index is 11.9. The summed E-state index contributed by atoms with van der Waals surface area (Å²) in [5.41, 5.74) is 6.61. The number of benzene rings is 1. The Morgan fingerprint density at radius 2 is 2.37 bits per heavy atom. The van der Waals surface area contributed by atoms with Gasteiger partial charge < -0.3 is 20.1 Å². The van der Waals surface area contributed by atoms with Crippen LogP contribution in [0.25, 0.3) is 0 Å². The molecule has 1 aromatic rings. The second kappa shape index (κ2) is 5.81. The molecule has 2 rings (SSSR count). The number of ether oxygens (including phenoxy) is 2. The Morgan fingerprint density at radius 1 is 1.58 bits per heavy atom. The van der Waals surface area contributed by atoms with E-state index in [1.807, 2.05) is 0 Å². The number of esters is 1. The first-order valence-corrected chi connectivity index (χ1v) is 5.96. The van der Waals surface area contributed by atoms with Crippen LogP contribution in [-0.4, -0.2) is 44.8 Å². The van der Waals surface area contributed by atoms with Gasteiger partial charge in [-0.3, -0.25) is 4.79 Å². The minimum absolute atomic E-state index is 0.00428. The Hall–Kier alpha value is -1.92. The van der Waals surface area contributed by atoms with Crippen molar-refractivity contribution in [3.63, 3.8) is 0 Å². The Bertz CT molecular complexity index is 489. The maximum absolute atomic E-state index is 11.9. The second-order valence-corrected chi connectivity index (χ2v) is 4.21. The van der Waals surface area contributed by atoms with E-state index in [0.717, 1.165) is 0 Å². The lowest BCUT2D eigenvalue weighted by molar-refractivity contribution is -0.128. The molecule has 0 radical (unpaired) electrons. The third-order valence-electron chi connectivity index (χ3n) is 2.97. The molecule has 1 aliphatic heterocycles. The summed E-state index contributed by atoms with van der Waals surface area (Å²) in [6, 6.07) is 6.74. The van der Waals surface area contributed by atoms with Crippen LogP contribution in [0.5, 0.6) is 0 Å². The quantitative estimate of drug-likeness (QED) is 0.787. The van der Waals surface area contributed by atoms with Crippen LogP contribution in [0.1, 0.15) is 10.4 Å². The van der Waals surface area contributed by atoms with Gasteiger partial charge in [0.15, 0.2) is 0 Å². The van der Waals surface area contributed by atoms with Gasteiger partial charge in [-0.15, -0.1) is 0 Å². The van der Waals surface area contributed by atoms with E-state index in [1.54, 1.807) is 29.2 Å². The predicted molar refractivity (Wildman–Crippen MR) is 68.9 cm³/mol. The zero-order chi connectivity index (χ0) is 13.8. The predicted octanol–water partition coefficient (Wildman–Crippen LogP) is 0.164. The molecule has 1 fully saturated rings. The Labute approximate surface area is 111 Å². The van der Waals surface area contributed by atoms with Gasteiger partial charge in [0.1, 0.15) is 6.61 Å². The molecule has 102 valence electrons. The van der Waals surface area contributed by atoms with Crippen LogP contribution in [0.4, 0.5) is 5.69 Å². The van der Waals surface area contributed by atoms with Crippen LogP contribution in [0.3, 0.4) is 0 Å². The third kappa shape index (κ3) is 2.91. The smallest absolute Gasteiger partial charge is 0.337 e. The molecule has 1 saturated heterocycles. The maximum Gasteiger partial charge on any atom is 0.337 e. The van der Waals surface area contributed by atoms with Gasteiger partial charge in [0.2, 0.25) is 0 Å². The number of nitrogens with two attached hydrogens (primary N) is 1. The molecule has 1 atom stereocenters. The molecule has 1 amide bonds. The number of anilines is 1. The number of hydrogen-bond acceptors (Lipinski definition) is 5. The summed E-state index contributed by atoms with van der Waals surface area (Å²) in [6.07, 6.45) is -0.181. The van der Waals surface area contributed by atoms with Crippen LogP contribution in [0, 0.1) is 0 Å². The van der Waals surface area contributed by atoms with Gasteiger partial charge in [-0.25, -0.2) is 4.79 Å². The summed E-state index contributed by atoms with van der Waals surface area (Å²) in [5.74, 6) is -0.579. The molecule has 0 aliphatic carbocycles. The normalized spacial score (nSPS) is 19.4. The first-order valence-electron chi connectivity index (χ1n) is 5.96. The Balaban J connectivity index is 2.24. The second-order valence-electron chi connectivity index (χ2n) is 4.21. The molecular formula is C13H16N2O4. The number of carbonyl (C=O) groups excluding carboxylic acids is 2. The molecule has 0 saturated carbocycles. The summed E-state index contributed by atoms with van der Waals surface area (Å²) < 4.78 is 9.94. The van der Waals surface area contributed by atoms with Gasteiger partial charge in [-0.1, -0.05) is 6.07 Å². The molecule has 6 nitrogen and oxygen atoms in total. The van der Waals surface area contributed by atoms with Gasteiger partial charge in [-0.2, -0.15) is 0 Å². The van der Waals surface area contributed by atoms with E-state index < -0.39 is 5.97 Å². The van der Waals surface area contributed by atoms with Crippen molar-refractivity contribution in [1.29, 1.82) is 0 Å². The highest BCUT2D eigenvalue weighted by Gasteiger charge is 2.26. The number of nitrogens with zero attached hydrogens (tertiary/aromatic N) is 1. The summed E-state index contributed by atoms with van der Waals surface area (Å²) in [7, 11) is 1.32.